The second kappa shape index (κ2) is 10.8. The van der Waals surface area contributed by atoms with Crippen LogP contribution in [0.4, 0.5) is 5.69 Å². The van der Waals surface area contributed by atoms with E-state index in [9.17, 15) is 9.59 Å². The molecule has 3 aromatic carbocycles. The summed E-state index contributed by atoms with van der Waals surface area (Å²) in [5.41, 5.74) is 11.2. The third-order valence-corrected chi connectivity index (χ3v) is 7.72. The molecule has 1 atom stereocenters. The van der Waals surface area contributed by atoms with Crippen molar-refractivity contribution < 1.29 is 9.53 Å². The van der Waals surface area contributed by atoms with Crippen LogP contribution < -0.4 is 20.6 Å². The molecule has 2 N–H and O–H groups in total. The van der Waals surface area contributed by atoms with Gasteiger partial charge in [-0.05, 0) is 55.3 Å². The Hall–Kier alpha value is -5.09. The molecule has 5 aromatic rings. The van der Waals surface area contributed by atoms with Crippen molar-refractivity contribution in [1.82, 2.24) is 19.6 Å². The summed E-state index contributed by atoms with van der Waals surface area (Å²) in [7, 11) is 0. The van der Waals surface area contributed by atoms with Crippen molar-refractivity contribution >= 4 is 29.1 Å². The maximum Gasteiger partial charge on any atom is 0.338 e. The Balaban J connectivity index is 1.41. The summed E-state index contributed by atoms with van der Waals surface area (Å²) in [4.78, 5) is 32.0. The van der Waals surface area contributed by atoms with Crippen molar-refractivity contribution in [3.8, 4) is 16.9 Å². The fourth-order valence-electron chi connectivity index (χ4n) is 4.87. The molecule has 204 valence electrons. The summed E-state index contributed by atoms with van der Waals surface area (Å²) in [6.45, 7) is 3.76. The minimum absolute atomic E-state index is 0.227. The second-order valence-electron chi connectivity index (χ2n) is 9.48. The third-order valence-electron chi connectivity index (χ3n) is 6.74. The minimum atomic E-state index is -0.638. The number of esters is 1. The predicted octanol–water partition coefficient (Wildman–Crippen LogP) is 3.63. The highest BCUT2D eigenvalue weighted by atomic mass is 32.1. The zero-order chi connectivity index (χ0) is 28.5. The van der Waals surface area contributed by atoms with Gasteiger partial charge < -0.3 is 10.5 Å². The van der Waals surface area contributed by atoms with Crippen LogP contribution in [0.25, 0.3) is 23.0 Å². The summed E-state index contributed by atoms with van der Waals surface area (Å²) >= 11 is 1.29. The lowest BCUT2D eigenvalue weighted by molar-refractivity contribution is -0.139. The Morgan fingerprint density at radius 3 is 2.66 bits per heavy atom. The van der Waals surface area contributed by atoms with E-state index in [1.807, 2.05) is 91.1 Å². The number of hydrogen-bond acceptors (Lipinski definition) is 8. The van der Waals surface area contributed by atoms with Crippen LogP contribution in [-0.4, -0.2) is 32.1 Å². The molecule has 0 bridgehead atoms. The molecule has 0 fully saturated rings. The number of nitrogen functional groups attached to an aromatic ring is 1. The molecule has 0 saturated carbocycles. The zero-order valence-corrected chi connectivity index (χ0v) is 23.2. The molecule has 0 aliphatic carbocycles. The van der Waals surface area contributed by atoms with Crippen molar-refractivity contribution in [3.63, 3.8) is 0 Å². The largest absolute Gasteiger partial charge is 0.463 e. The maximum atomic E-state index is 13.8. The first-order valence-corrected chi connectivity index (χ1v) is 13.9. The summed E-state index contributed by atoms with van der Waals surface area (Å²) < 4.78 is 9.12. The van der Waals surface area contributed by atoms with Crippen LogP contribution in [0.1, 0.15) is 31.0 Å². The number of benzene rings is 3. The average molecular weight is 563 g/mol. The van der Waals surface area contributed by atoms with Gasteiger partial charge in [0, 0.05) is 11.3 Å². The van der Waals surface area contributed by atoms with E-state index in [0.717, 1.165) is 22.4 Å². The van der Waals surface area contributed by atoms with E-state index in [0.29, 0.717) is 32.0 Å². The fourth-order valence-corrected chi connectivity index (χ4v) is 5.92. The Morgan fingerprint density at radius 1 is 1.07 bits per heavy atom. The van der Waals surface area contributed by atoms with Crippen molar-refractivity contribution in [2.24, 2.45) is 4.99 Å². The van der Waals surface area contributed by atoms with Crippen LogP contribution in [-0.2, 0) is 9.53 Å². The topological polar surface area (TPSA) is 117 Å². The van der Waals surface area contributed by atoms with Gasteiger partial charge in [0.15, 0.2) is 4.80 Å². The SMILES string of the molecule is CCOC(=O)C1=C(C)N=c2s/c(=C\c3cccc(-n4cc(-c5cccc(N)c5)nn4)c3)c(=O)n2C1c1ccccc1. The highest BCUT2D eigenvalue weighted by Gasteiger charge is 2.33. The van der Waals surface area contributed by atoms with Crippen molar-refractivity contribution in [2.75, 3.05) is 12.3 Å². The molecule has 0 amide bonds. The molecule has 0 saturated heterocycles. The second-order valence-corrected chi connectivity index (χ2v) is 10.5. The van der Waals surface area contributed by atoms with E-state index >= 15 is 0 Å². The molecule has 1 aliphatic rings. The van der Waals surface area contributed by atoms with Crippen LogP contribution in [0.2, 0.25) is 0 Å². The lowest BCUT2D eigenvalue weighted by atomic mass is 9.96. The number of ether oxygens (including phenoxy) is 1. The smallest absolute Gasteiger partial charge is 0.338 e. The van der Waals surface area contributed by atoms with Crippen molar-refractivity contribution in [2.45, 2.75) is 19.9 Å². The van der Waals surface area contributed by atoms with Gasteiger partial charge in [-0.25, -0.2) is 14.5 Å². The predicted molar refractivity (Wildman–Crippen MR) is 158 cm³/mol. The number of fused-ring (bicyclic) bond motifs is 1. The monoisotopic (exact) mass is 562 g/mol. The molecular weight excluding hydrogens is 536 g/mol. The van der Waals surface area contributed by atoms with E-state index < -0.39 is 12.0 Å². The number of carbonyl (C=O) groups is 1. The number of carbonyl (C=O) groups excluding carboxylic acids is 1. The molecule has 10 heteroatoms. The number of aromatic nitrogens is 4. The molecule has 0 spiro atoms. The molecule has 41 heavy (non-hydrogen) atoms. The van der Waals surface area contributed by atoms with Crippen LogP contribution in [0.15, 0.2) is 106 Å². The van der Waals surface area contributed by atoms with E-state index in [4.69, 9.17) is 10.5 Å². The van der Waals surface area contributed by atoms with Gasteiger partial charge in [-0.15, -0.1) is 5.10 Å². The number of thiazole rings is 1. The Labute approximate surface area is 239 Å². The van der Waals surface area contributed by atoms with E-state index in [1.165, 1.54) is 11.3 Å². The number of rotatable bonds is 6. The molecule has 1 unspecified atom stereocenters. The normalized spacial score (nSPS) is 15.0. The zero-order valence-electron chi connectivity index (χ0n) is 22.4. The first-order valence-electron chi connectivity index (χ1n) is 13.1. The van der Waals surface area contributed by atoms with Gasteiger partial charge in [-0.1, -0.05) is 71.1 Å². The molecule has 2 aromatic heterocycles. The molecule has 3 heterocycles. The summed E-state index contributed by atoms with van der Waals surface area (Å²) in [5.74, 6) is -0.477. The van der Waals surface area contributed by atoms with Gasteiger partial charge in [-0.2, -0.15) is 0 Å². The summed E-state index contributed by atoms with van der Waals surface area (Å²) in [6.07, 6.45) is 3.66. The number of hydrogen-bond donors (Lipinski definition) is 1. The third kappa shape index (κ3) is 5.01. The first-order chi connectivity index (χ1) is 19.9. The highest BCUT2D eigenvalue weighted by molar-refractivity contribution is 7.07. The highest BCUT2D eigenvalue weighted by Crippen LogP contribution is 2.30. The Morgan fingerprint density at radius 2 is 1.88 bits per heavy atom. The van der Waals surface area contributed by atoms with Crippen molar-refractivity contribution in [1.29, 1.82) is 0 Å². The fraction of sp³-hybridized carbons (Fsp3) is 0.129. The summed E-state index contributed by atoms with van der Waals surface area (Å²) in [6, 6.07) is 24.0. The van der Waals surface area contributed by atoms with Gasteiger partial charge in [-0.3, -0.25) is 9.36 Å². The first kappa shape index (κ1) is 26.1. The Bertz CT molecular complexity index is 1990. The van der Waals surface area contributed by atoms with Gasteiger partial charge in [0.1, 0.15) is 5.69 Å². The number of anilines is 1. The molecule has 0 radical (unpaired) electrons. The molecule has 1 aliphatic heterocycles. The van der Waals surface area contributed by atoms with Gasteiger partial charge in [0.2, 0.25) is 0 Å². The number of nitrogens with zero attached hydrogens (tertiary/aromatic N) is 5. The van der Waals surface area contributed by atoms with Gasteiger partial charge >= 0.3 is 5.97 Å². The van der Waals surface area contributed by atoms with Crippen LogP contribution in [0.5, 0.6) is 0 Å². The molecule has 9 nitrogen and oxygen atoms in total. The van der Waals surface area contributed by atoms with Crippen LogP contribution in [0.3, 0.4) is 0 Å². The number of nitrogens with two attached hydrogens (primary N) is 1. The minimum Gasteiger partial charge on any atom is -0.463 e. The Kier molecular flexibility index (Phi) is 6.90. The number of allylic oxidation sites excluding steroid dienone is 1. The lowest BCUT2D eigenvalue weighted by Crippen LogP contribution is -2.39. The maximum absolute atomic E-state index is 13.8. The van der Waals surface area contributed by atoms with Crippen LogP contribution in [0, 0.1) is 0 Å². The molecular formula is C31H26N6O3S. The lowest BCUT2D eigenvalue weighted by Gasteiger charge is -2.24. The van der Waals surface area contributed by atoms with E-state index in [2.05, 4.69) is 15.3 Å². The average Bonchev–Trinajstić information content (AvgIpc) is 3.58. The van der Waals surface area contributed by atoms with Crippen molar-refractivity contribution in [3.05, 3.63) is 127 Å². The van der Waals surface area contributed by atoms with Gasteiger partial charge in [0.25, 0.3) is 5.56 Å². The quantitative estimate of drug-likeness (QED) is 0.250. The molecule has 6 rings (SSSR count). The van der Waals surface area contributed by atoms with Gasteiger partial charge in [0.05, 0.1) is 40.3 Å². The van der Waals surface area contributed by atoms with E-state index in [1.54, 1.807) is 23.1 Å². The standard InChI is InChI=1S/C31H26N6O3S/c1-3-40-30(39)27-19(2)33-31-37(28(27)21-10-5-4-6-11-21)29(38)26(41-31)16-20-9-7-14-24(15-20)36-18-25(34-35-36)22-12-8-13-23(32)17-22/h4-18,28H,3,32H2,1-2H3/b26-16-. The van der Waals surface area contributed by atoms with Crippen LogP contribution >= 0.6 is 11.3 Å². The van der Waals surface area contributed by atoms with E-state index in [-0.39, 0.29) is 12.2 Å². The summed E-state index contributed by atoms with van der Waals surface area (Å²) in [5, 5.41) is 8.58.